The van der Waals surface area contributed by atoms with Crippen molar-refractivity contribution >= 4 is 11.6 Å². The first-order valence-electron chi connectivity index (χ1n) is 8.90. The zero-order valence-corrected chi connectivity index (χ0v) is 15.3. The maximum atomic E-state index is 11.6. The van der Waals surface area contributed by atoms with Crippen LogP contribution in [0.3, 0.4) is 0 Å². The summed E-state index contributed by atoms with van der Waals surface area (Å²) >= 11 is 0. The first kappa shape index (κ1) is 20.2. The first-order chi connectivity index (χ1) is 12.6. The molecule has 26 heavy (non-hydrogen) atoms. The summed E-state index contributed by atoms with van der Waals surface area (Å²) in [6.07, 6.45) is 0. The molecule has 142 valence electrons. The maximum Gasteiger partial charge on any atom is 0.251 e. The van der Waals surface area contributed by atoms with Gasteiger partial charge in [0, 0.05) is 75.1 Å². The summed E-state index contributed by atoms with van der Waals surface area (Å²) in [5.41, 5.74) is 15.6. The summed E-state index contributed by atoms with van der Waals surface area (Å²) in [5, 5.41) is 9.64. The number of hydrogen-bond acceptors (Lipinski definition) is 6. The summed E-state index contributed by atoms with van der Waals surface area (Å²) in [6, 6.07) is 5.27. The third-order valence-corrected chi connectivity index (χ3v) is 4.44. The predicted octanol–water partition coefficient (Wildman–Crippen LogP) is 0.646. The molecule has 2 heterocycles. The summed E-state index contributed by atoms with van der Waals surface area (Å²) in [7, 11) is 2.15. The van der Waals surface area contributed by atoms with Gasteiger partial charge in [-0.25, -0.2) is 0 Å². The Morgan fingerprint density at radius 2 is 1.81 bits per heavy atom. The van der Waals surface area contributed by atoms with Crippen LogP contribution in [0.2, 0.25) is 0 Å². The van der Waals surface area contributed by atoms with Crippen LogP contribution in [0, 0.1) is 0 Å². The van der Waals surface area contributed by atoms with E-state index in [0.717, 1.165) is 51.4 Å². The van der Waals surface area contributed by atoms with Crippen molar-refractivity contribution in [1.82, 2.24) is 20.4 Å². The van der Waals surface area contributed by atoms with Gasteiger partial charge in [0.2, 0.25) is 0 Å². The first-order valence-corrected chi connectivity index (χ1v) is 8.90. The monoisotopic (exact) mass is 360 g/mol. The van der Waals surface area contributed by atoms with Gasteiger partial charge in [-0.15, -0.1) is 0 Å². The largest absolute Gasteiger partial charge is 0.398 e. The highest BCUT2D eigenvalue weighted by molar-refractivity contribution is 5.99. The second-order valence-electron chi connectivity index (χ2n) is 6.50. The lowest BCUT2D eigenvalue weighted by atomic mass is 10.1. The number of amides is 1. The van der Waals surface area contributed by atoms with E-state index in [1.54, 1.807) is 12.1 Å². The van der Waals surface area contributed by atoms with Crippen LogP contribution in [-0.2, 0) is 6.54 Å². The zero-order chi connectivity index (χ0) is 18.8. The van der Waals surface area contributed by atoms with E-state index in [0.29, 0.717) is 5.69 Å². The molecule has 0 radical (unpaired) electrons. The van der Waals surface area contributed by atoms with Gasteiger partial charge in [0.25, 0.3) is 5.91 Å². The van der Waals surface area contributed by atoms with Crippen molar-refractivity contribution in [3.8, 4) is 0 Å². The molecule has 2 aliphatic rings. The number of hydrogen-bond donors (Lipinski definition) is 3. The van der Waals surface area contributed by atoms with E-state index in [4.69, 9.17) is 11.3 Å². The minimum atomic E-state index is -0.637. The van der Waals surface area contributed by atoms with Gasteiger partial charge < -0.3 is 21.3 Å². The minimum absolute atomic E-state index is 0.269. The number of nitrogens with zero attached hydrogens (tertiary/aromatic N) is 5. The van der Waals surface area contributed by atoms with Gasteiger partial charge in [0.15, 0.2) is 0 Å². The number of likely N-dealkylation sites (N-methyl/N-ethyl adjacent to an activating group) is 1. The van der Waals surface area contributed by atoms with Crippen molar-refractivity contribution in [3.05, 3.63) is 39.8 Å². The van der Waals surface area contributed by atoms with Crippen LogP contribution in [0.25, 0.3) is 10.4 Å². The van der Waals surface area contributed by atoms with Gasteiger partial charge in [-0.3, -0.25) is 9.69 Å². The van der Waals surface area contributed by atoms with Crippen molar-refractivity contribution in [2.45, 2.75) is 6.54 Å². The lowest BCUT2D eigenvalue weighted by molar-refractivity contribution is 0.100. The number of benzene rings is 1. The molecule has 2 saturated heterocycles. The van der Waals surface area contributed by atoms with E-state index < -0.39 is 5.91 Å². The van der Waals surface area contributed by atoms with E-state index in [-0.39, 0.29) is 5.56 Å². The molecule has 1 aromatic carbocycles. The molecule has 1 amide bonds. The third-order valence-electron chi connectivity index (χ3n) is 4.44. The van der Waals surface area contributed by atoms with E-state index in [2.05, 4.69) is 37.5 Å². The standard InChI is InChI=1S/C12H16N6O.C5H12N2/c13-11-2-1-9(7-10(11)12(19)16-17-14)8-18-5-3-15-4-6-18;1-7-4-2-6-3-5-7/h1-2,7,15H,3-6,8,13H2;6H,2-5H2,1H3. The molecule has 0 bridgehead atoms. The fourth-order valence-corrected chi connectivity index (χ4v) is 2.89. The van der Waals surface area contributed by atoms with Gasteiger partial charge in [-0.2, -0.15) is 0 Å². The van der Waals surface area contributed by atoms with Crippen molar-refractivity contribution in [1.29, 1.82) is 0 Å². The Kier molecular flexibility index (Phi) is 8.33. The fourth-order valence-electron chi connectivity index (χ4n) is 2.89. The zero-order valence-electron chi connectivity index (χ0n) is 15.3. The maximum absolute atomic E-state index is 11.6. The van der Waals surface area contributed by atoms with Crippen molar-refractivity contribution in [3.63, 3.8) is 0 Å². The lowest BCUT2D eigenvalue weighted by Crippen LogP contribution is -2.42. The molecule has 2 aliphatic heterocycles. The Hall–Kier alpha value is -2.16. The number of nitrogens with two attached hydrogens (primary N) is 1. The summed E-state index contributed by atoms with van der Waals surface area (Å²) in [5.74, 6) is -0.637. The van der Waals surface area contributed by atoms with Gasteiger partial charge in [-0.1, -0.05) is 6.07 Å². The smallest absolute Gasteiger partial charge is 0.251 e. The van der Waals surface area contributed by atoms with Crippen LogP contribution in [0.4, 0.5) is 5.69 Å². The van der Waals surface area contributed by atoms with Crippen LogP contribution in [-0.4, -0.2) is 75.1 Å². The number of nitrogens with one attached hydrogen (secondary N) is 2. The van der Waals surface area contributed by atoms with Gasteiger partial charge in [0.1, 0.15) is 0 Å². The van der Waals surface area contributed by atoms with E-state index in [1.165, 1.54) is 13.1 Å². The molecular formula is C17H28N8O. The molecule has 9 nitrogen and oxygen atoms in total. The molecule has 0 aliphatic carbocycles. The van der Waals surface area contributed by atoms with Crippen molar-refractivity contribution < 1.29 is 4.79 Å². The third kappa shape index (κ3) is 6.62. The Bertz CT molecular complexity index is 632. The van der Waals surface area contributed by atoms with Gasteiger partial charge in [0.05, 0.1) is 0 Å². The van der Waals surface area contributed by atoms with E-state index in [1.807, 2.05) is 6.07 Å². The molecule has 3 rings (SSSR count). The van der Waals surface area contributed by atoms with Crippen LogP contribution < -0.4 is 16.4 Å². The minimum Gasteiger partial charge on any atom is -0.398 e. The second-order valence-corrected chi connectivity index (χ2v) is 6.50. The number of carbonyl (C=O) groups excluding carboxylic acids is 1. The number of carbonyl (C=O) groups is 1. The van der Waals surface area contributed by atoms with E-state index in [9.17, 15) is 4.79 Å². The summed E-state index contributed by atoms with van der Waals surface area (Å²) in [4.78, 5) is 18.7. The highest BCUT2D eigenvalue weighted by Crippen LogP contribution is 2.17. The highest BCUT2D eigenvalue weighted by atomic mass is 16.1. The molecule has 4 N–H and O–H groups in total. The van der Waals surface area contributed by atoms with Gasteiger partial charge >= 0.3 is 0 Å². The molecule has 0 aromatic heterocycles. The average Bonchev–Trinajstić information content (AvgIpc) is 2.65. The molecule has 2 fully saturated rings. The molecule has 0 unspecified atom stereocenters. The van der Waals surface area contributed by atoms with Crippen molar-refractivity contribution in [2.75, 3.05) is 65.1 Å². The van der Waals surface area contributed by atoms with Crippen molar-refractivity contribution in [2.24, 2.45) is 5.11 Å². The summed E-state index contributed by atoms with van der Waals surface area (Å²) in [6.45, 7) is 9.40. The number of piperazine rings is 2. The normalized spacial score (nSPS) is 18.3. The molecule has 1 aromatic rings. The average molecular weight is 360 g/mol. The molecule has 0 saturated carbocycles. The fraction of sp³-hybridized carbons (Fsp3) is 0.588. The predicted molar refractivity (Wildman–Crippen MR) is 103 cm³/mol. The Labute approximate surface area is 154 Å². The van der Waals surface area contributed by atoms with E-state index >= 15 is 0 Å². The van der Waals surface area contributed by atoms with Crippen LogP contribution in [0.5, 0.6) is 0 Å². The number of rotatable bonds is 3. The van der Waals surface area contributed by atoms with Crippen LogP contribution in [0.1, 0.15) is 15.9 Å². The molecule has 9 heteroatoms. The number of anilines is 1. The Morgan fingerprint density at radius 3 is 2.35 bits per heavy atom. The second kappa shape index (κ2) is 10.7. The Balaban J connectivity index is 0.000000290. The quantitative estimate of drug-likeness (QED) is 0.315. The summed E-state index contributed by atoms with van der Waals surface area (Å²) < 4.78 is 0. The van der Waals surface area contributed by atoms with Crippen LogP contribution in [0.15, 0.2) is 23.3 Å². The van der Waals surface area contributed by atoms with Gasteiger partial charge in [-0.05, 0) is 35.4 Å². The highest BCUT2D eigenvalue weighted by Gasteiger charge is 2.13. The number of nitrogen functional groups attached to an aromatic ring is 1. The molecule has 0 spiro atoms. The van der Waals surface area contributed by atoms with Crippen LogP contribution >= 0.6 is 0 Å². The molecular weight excluding hydrogens is 332 g/mol. The SMILES string of the molecule is CN1CCNCC1.[N-]=[N+]=NC(=O)c1cc(CN2CCNCC2)ccc1N. The lowest BCUT2D eigenvalue weighted by Gasteiger charge is -2.27. The number of azide groups is 1. The molecule has 0 atom stereocenters. The topological polar surface area (TPSA) is 122 Å². The Morgan fingerprint density at radius 1 is 1.19 bits per heavy atom.